The van der Waals surface area contributed by atoms with Gasteiger partial charge in [0.05, 0.1) is 7.11 Å². The van der Waals surface area contributed by atoms with Gasteiger partial charge >= 0.3 is 0 Å². The van der Waals surface area contributed by atoms with E-state index in [1.807, 2.05) is 23.9 Å². The van der Waals surface area contributed by atoms with Crippen molar-refractivity contribution in [1.29, 1.82) is 0 Å². The van der Waals surface area contributed by atoms with Crippen LogP contribution in [0.1, 0.15) is 39.0 Å². The number of hydrogen-bond donors (Lipinski definition) is 1. The fraction of sp³-hybridized carbons (Fsp3) is 0.600. The molecule has 1 aliphatic carbocycles. The summed E-state index contributed by atoms with van der Waals surface area (Å²) in [7, 11) is 1.70. The maximum Gasteiger partial charge on any atom is 0.120 e. The molecule has 1 aliphatic rings. The van der Waals surface area contributed by atoms with Crippen LogP contribution in [0.2, 0.25) is 0 Å². The second-order valence-corrected chi connectivity index (χ2v) is 6.29. The fourth-order valence-corrected chi connectivity index (χ4v) is 4.22. The summed E-state index contributed by atoms with van der Waals surface area (Å²) in [5.74, 6) is 1.74. The topological polar surface area (TPSA) is 35.2 Å². The molecule has 2 nitrogen and oxygen atoms in total. The molecule has 0 radical (unpaired) electrons. The molecule has 0 bridgehead atoms. The van der Waals surface area contributed by atoms with E-state index < -0.39 is 0 Å². The van der Waals surface area contributed by atoms with E-state index >= 15 is 0 Å². The Kier molecular flexibility index (Phi) is 4.81. The number of hydrogen-bond acceptors (Lipinski definition) is 3. The highest BCUT2D eigenvalue weighted by atomic mass is 32.2. The number of nitrogens with two attached hydrogens (primary N) is 1. The van der Waals surface area contributed by atoms with Gasteiger partial charge in [-0.05, 0) is 37.0 Å². The first kappa shape index (κ1) is 13.6. The molecular formula is C15H23NOS. The summed E-state index contributed by atoms with van der Waals surface area (Å²) in [4.78, 5) is 1.18. The number of thioether (sulfide) groups is 1. The molecule has 1 aromatic carbocycles. The minimum atomic E-state index is 0.721. The van der Waals surface area contributed by atoms with Crippen LogP contribution in [0.25, 0.3) is 0 Å². The summed E-state index contributed by atoms with van der Waals surface area (Å²) in [6.07, 6.45) is 6.72. The highest BCUT2D eigenvalue weighted by Crippen LogP contribution is 2.41. The molecule has 0 aliphatic heterocycles. The molecule has 0 aromatic heterocycles. The number of nitrogen functional groups attached to an aromatic ring is 1. The largest absolute Gasteiger partial charge is 0.497 e. The van der Waals surface area contributed by atoms with Crippen LogP contribution >= 0.6 is 11.8 Å². The number of ether oxygens (including phenoxy) is 1. The highest BCUT2D eigenvalue weighted by molar-refractivity contribution is 8.00. The minimum absolute atomic E-state index is 0.721. The van der Waals surface area contributed by atoms with Crippen molar-refractivity contribution < 1.29 is 4.74 Å². The molecule has 18 heavy (non-hydrogen) atoms. The molecule has 100 valence electrons. The van der Waals surface area contributed by atoms with Gasteiger partial charge in [-0.1, -0.05) is 26.2 Å². The number of anilines is 1. The first-order chi connectivity index (χ1) is 8.74. The predicted octanol–water partition coefficient (Wildman–Crippen LogP) is 4.34. The first-order valence-corrected chi connectivity index (χ1v) is 7.72. The molecular weight excluding hydrogens is 242 g/mol. The quantitative estimate of drug-likeness (QED) is 0.823. The first-order valence-electron chi connectivity index (χ1n) is 6.84. The third-order valence-corrected chi connectivity index (χ3v) is 5.39. The average molecular weight is 265 g/mol. The Hall–Kier alpha value is -0.830. The maximum atomic E-state index is 6.07. The van der Waals surface area contributed by atoms with E-state index in [2.05, 4.69) is 13.0 Å². The lowest BCUT2D eigenvalue weighted by Crippen LogP contribution is -2.21. The predicted molar refractivity (Wildman–Crippen MR) is 79.3 cm³/mol. The van der Waals surface area contributed by atoms with Gasteiger partial charge in [-0.2, -0.15) is 0 Å². The van der Waals surface area contributed by atoms with E-state index in [9.17, 15) is 0 Å². The van der Waals surface area contributed by atoms with Gasteiger partial charge in [0.25, 0.3) is 0 Å². The van der Waals surface area contributed by atoms with Gasteiger partial charge in [0.2, 0.25) is 0 Å². The van der Waals surface area contributed by atoms with E-state index in [1.54, 1.807) is 7.11 Å². The summed E-state index contributed by atoms with van der Waals surface area (Å²) >= 11 is 1.95. The van der Waals surface area contributed by atoms with Crippen molar-refractivity contribution in [2.45, 2.75) is 49.2 Å². The maximum absolute atomic E-state index is 6.07. The van der Waals surface area contributed by atoms with Crippen LogP contribution in [0.4, 0.5) is 5.69 Å². The molecule has 1 aromatic rings. The van der Waals surface area contributed by atoms with Gasteiger partial charge in [-0.3, -0.25) is 0 Å². The molecule has 1 fully saturated rings. The molecule has 3 heteroatoms. The number of benzene rings is 1. The summed E-state index contributed by atoms with van der Waals surface area (Å²) in [5.41, 5.74) is 6.95. The SMILES string of the molecule is CCC1CCCCC1Sc1cc(OC)ccc1N. The Morgan fingerprint density at radius 3 is 2.83 bits per heavy atom. The Morgan fingerprint density at radius 1 is 1.33 bits per heavy atom. The lowest BCUT2D eigenvalue weighted by atomic mass is 9.87. The van der Waals surface area contributed by atoms with Crippen molar-refractivity contribution in [2.24, 2.45) is 5.92 Å². The standard InChI is InChI=1S/C15H23NOS/c1-3-11-6-4-5-7-14(11)18-15-10-12(17-2)8-9-13(15)16/h8-11,14H,3-7,16H2,1-2H3. The molecule has 0 heterocycles. The third kappa shape index (κ3) is 3.14. The Bertz CT molecular complexity index is 394. The summed E-state index contributed by atoms with van der Waals surface area (Å²) < 4.78 is 5.28. The van der Waals surface area contributed by atoms with Crippen LogP contribution < -0.4 is 10.5 Å². The van der Waals surface area contributed by atoms with Gasteiger partial charge in [0.15, 0.2) is 0 Å². The molecule has 0 saturated heterocycles. The zero-order valence-corrected chi connectivity index (χ0v) is 12.1. The van der Waals surface area contributed by atoms with Crippen molar-refractivity contribution in [1.82, 2.24) is 0 Å². The molecule has 1 saturated carbocycles. The van der Waals surface area contributed by atoms with Crippen molar-refractivity contribution >= 4 is 17.4 Å². The third-order valence-electron chi connectivity index (χ3n) is 3.86. The molecule has 2 N–H and O–H groups in total. The van der Waals surface area contributed by atoms with Crippen molar-refractivity contribution in [3.05, 3.63) is 18.2 Å². The van der Waals surface area contributed by atoms with Crippen LogP contribution in [0.5, 0.6) is 5.75 Å². The van der Waals surface area contributed by atoms with E-state index in [1.165, 1.54) is 37.0 Å². The second-order valence-electron chi connectivity index (χ2n) is 5.01. The monoisotopic (exact) mass is 265 g/mol. The Labute approximate surface area is 114 Å². The molecule has 0 amide bonds. The normalized spacial score (nSPS) is 23.9. The van der Waals surface area contributed by atoms with E-state index in [0.29, 0.717) is 0 Å². The summed E-state index contributed by atoms with van der Waals surface area (Å²) in [5, 5.41) is 0.721. The summed E-state index contributed by atoms with van der Waals surface area (Å²) in [6, 6.07) is 5.95. The van der Waals surface area contributed by atoms with Gasteiger partial charge in [0, 0.05) is 15.8 Å². The van der Waals surface area contributed by atoms with E-state index in [0.717, 1.165) is 22.6 Å². The van der Waals surface area contributed by atoms with Crippen molar-refractivity contribution in [2.75, 3.05) is 12.8 Å². The molecule has 2 unspecified atom stereocenters. The van der Waals surface area contributed by atoms with Crippen LogP contribution in [0.3, 0.4) is 0 Å². The van der Waals surface area contributed by atoms with Crippen molar-refractivity contribution in [3.8, 4) is 5.75 Å². The van der Waals surface area contributed by atoms with E-state index in [-0.39, 0.29) is 0 Å². The van der Waals surface area contributed by atoms with Crippen LogP contribution in [0, 0.1) is 5.92 Å². The minimum Gasteiger partial charge on any atom is -0.497 e. The Balaban J connectivity index is 2.11. The van der Waals surface area contributed by atoms with Crippen LogP contribution in [-0.2, 0) is 0 Å². The zero-order chi connectivity index (χ0) is 13.0. The van der Waals surface area contributed by atoms with Crippen LogP contribution in [0.15, 0.2) is 23.1 Å². The van der Waals surface area contributed by atoms with Crippen LogP contribution in [-0.4, -0.2) is 12.4 Å². The van der Waals surface area contributed by atoms with Gasteiger partial charge in [-0.25, -0.2) is 0 Å². The van der Waals surface area contributed by atoms with E-state index in [4.69, 9.17) is 10.5 Å². The number of methoxy groups -OCH3 is 1. The second kappa shape index (κ2) is 6.37. The lowest BCUT2D eigenvalue weighted by molar-refractivity contribution is 0.361. The molecule has 2 rings (SSSR count). The van der Waals surface area contributed by atoms with Gasteiger partial charge < -0.3 is 10.5 Å². The molecule has 2 atom stereocenters. The van der Waals surface area contributed by atoms with Crippen molar-refractivity contribution in [3.63, 3.8) is 0 Å². The van der Waals surface area contributed by atoms with Gasteiger partial charge in [0.1, 0.15) is 5.75 Å². The average Bonchev–Trinajstić information content (AvgIpc) is 2.42. The Morgan fingerprint density at radius 2 is 2.11 bits per heavy atom. The lowest BCUT2D eigenvalue weighted by Gasteiger charge is -2.30. The fourth-order valence-electron chi connectivity index (χ4n) is 2.70. The smallest absolute Gasteiger partial charge is 0.120 e. The van der Waals surface area contributed by atoms with Gasteiger partial charge in [-0.15, -0.1) is 11.8 Å². The summed E-state index contributed by atoms with van der Waals surface area (Å²) in [6.45, 7) is 2.30. The zero-order valence-electron chi connectivity index (χ0n) is 11.3. The number of rotatable bonds is 4. The highest BCUT2D eigenvalue weighted by Gasteiger charge is 2.25. The molecule has 0 spiro atoms.